The summed E-state index contributed by atoms with van der Waals surface area (Å²) in [6.07, 6.45) is 3.83. The summed E-state index contributed by atoms with van der Waals surface area (Å²) in [5, 5.41) is 4.63. The number of hydrogen-bond donors (Lipinski definition) is 0. The fraction of sp³-hybridized carbons (Fsp3) is 0.259. The zero-order chi connectivity index (χ0) is 25.1. The van der Waals surface area contributed by atoms with Crippen molar-refractivity contribution < 1.29 is 9.47 Å². The lowest BCUT2D eigenvalue weighted by Crippen LogP contribution is -2.10. The van der Waals surface area contributed by atoms with E-state index in [4.69, 9.17) is 14.5 Å². The van der Waals surface area contributed by atoms with Crippen LogP contribution in [-0.4, -0.2) is 48.9 Å². The van der Waals surface area contributed by atoms with Crippen molar-refractivity contribution in [2.24, 2.45) is 0 Å². The van der Waals surface area contributed by atoms with Crippen LogP contribution in [0.1, 0.15) is 34.4 Å². The minimum atomic E-state index is 0.564. The Bertz CT molecular complexity index is 1530. The van der Waals surface area contributed by atoms with Crippen LogP contribution in [0.15, 0.2) is 54.7 Å². The van der Waals surface area contributed by atoms with Crippen LogP contribution in [0.25, 0.3) is 16.9 Å². The number of methoxy groups -OCH3 is 2. The van der Waals surface area contributed by atoms with Crippen molar-refractivity contribution in [2.75, 3.05) is 14.2 Å². The Morgan fingerprint density at radius 3 is 2.42 bits per heavy atom. The molecule has 0 fully saturated rings. The molecule has 0 saturated carbocycles. The largest absolute Gasteiger partial charge is 0.493 e. The molecule has 1 aromatic carbocycles. The van der Waals surface area contributed by atoms with Crippen LogP contribution in [0.3, 0.4) is 0 Å². The van der Waals surface area contributed by atoms with Gasteiger partial charge in [0, 0.05) is 30.1 Å². The number of nitrogens with zero attached hydrogens (tertiary/aromatic N) is 7. The molecule has 182 valence electrons. The van der Waals surface area contributed by atoms with Crippen LogP contribution in [0, 0.1) is 13.8 Å². The SMILES string of the molecule is COc1ccc(Cc2nc(C)nn2-c2cc(CCc3ccc4ncccc4n3)nc(C)n2)cc1OC. The molecule has 0 radical (unpaired) electrons. The molecular weight excluding hydrogens is 454 g/mol. The molecule has 9 nitrogen and oxygen atoms in total. The number of ether oxygens (including phenoxy) is 2. The first-order valence-electron chi connectivity index (χ1n) is 11.7. The summed E-state index contributed by atoms with van der Waals surface area (Å²) in [7, 11) is 3.25. The average Bonchev–Trinajstić information content (AvgIpc) is 3.26. The van der Waals surface area contributed by atoms with Gasteiger partial charge in [0.1, 0.15) is 17.5 Å². The third kappa shape index (κ3) is 5.00. The van der Waals surface area contributed by atoms with Crippen LogP contribution in [0.4, 0.5) is 0 Å². The smallest absolute Gasteiger partial charge is 0.161 e. The molecule has 0 aliphatic rings. The van der Waals surface area contributed by atoms with Crippen molar-refractivity contribution in [3.8, 4) is 17.3 Å². The fourth-order valence-electron chi connectivity index (χ4n) is 4.17. The standard InChI is InChI=1S/C27H27N7O2/c1-17-29-21(9-8-20-10-11-22-23(32-20)6-5-13-28-22)16-27(30-17)34-26(31-18(2)33-34)15-19-7-12-24(35-3)25(14-19)36-4/h5-7,10-14,16H,8-9,15H2,1-4H3. The van der Waals surface area contributed by atoms with Crippen LogP contribution in [0.5, 0.6) is 11.5 Å². The highest BCUT2D eigenvalue weighted by molar-refractivity contribution is 5.73. The van der Waals surface area contributed by atoms with E-state index in [1.165, 1.54) is 0 Å². The number of benzene rings is 1. The molecule has 0 bridgehead atoms. The van der Waals surface area contributed by atoms with E-state index in [9.17, 15) is 0 Å². The van der Waals surface area contributed by atoms with Gasteiger partial charge in [-0.1, -0.05) is 6.07 Å². The second-order valence-corrected chi connectivity index (χ2v) is 8.46. The highest BCUT2D eigenvalue weighted by atomic mass is 16.5. The zero-order valence-electron chi connectivity index (χ0n) is 20.8. The van der Waals surface area contributed by atoms with Gasteiger partial charge in [0.2, 0.25) is 0 Å². The van der Waals surface area contributed by atoms with Crippen molar-refractivity contribution in [3.63, 3.8) is 0 Å². The van der Waals surface area contributed by atoms with Gasteiger partial charge in [0.15, 0.2) is 17.3 Å². The molecule has 0 amide bonds. The van der Waals surface area contributed by atoms with Crippen molar-refractivity contribution in [3.05, 3.63) is 89.2 Å². The van der Waals surface area contributed by atoms with Gasteiger partial charge in [-0.25, -0.2) is 15.0 Å². The molecule has 0 atom stereocenters. The Morgan fingerprint density at radius 1 is 0.750 bits per heavy atom. The number of fused-ring (bicyclic) bond motifs is 1. The van der Waals surface area contributed by atoms with Crippen LogP contribution in [0.2, 0.25) is 0 Å². The predicted molar refractivity (Wildman–Crippen MR) is 136 cm³/mol. The second kappa shape index (κ2) is 10.1. The molecule has 5 aromatic rings. The Morgan fingerprint density at radius 2 is 1.58 bits per heavy atom. The lowest BCUT2D eigenvalue weighted by atomic mass is 10.1. The van der Waals surface area contributed by atoms with Crippen molar-refractivity contribution in [2.45, 2.75) is 33.1 Å². The van der Waals surface area contributed by atoms with E-state index in [0.29, 0.717) is 35.4 Å². The second-order valence-electron chi connectivity index (χ2n) is 8.46. The highest BCUT2D eigenvalue weighted by Crippen LogP contribution is 2.28. The maximum absolute atomic E-state index is 5.46. The summed E-state index contributed by atoms with van der Waals surface area (Å²) < 4.78 is 12.6. The van der Waals surface area contributed by atoms with Crippen molar-refractivity contribution >= 4 is 11.0 Å². The third-order valence-electron chi connectivity index (χ3n) is 5.84. The minimum absolute atomic E-state index is 0.564. The van der Waals surface area contributed by atoms with E-state index in [1.807, 2.05) is 62.4 Å². The van der Waals surface area contributed by atoms with Gasteiger partial charge in [0.25, 0.3) is 0 Å². The van der Waals surface area contributed by atoms with E-state index in [1.54, 1.807) is 25.1 Å². The Labute approximate surface area is 209 Å². The summed E-state index contributed by atoms with van der Waals surface area (Å²) in [6, 6.07) is 15.7. The topological polar surface area (TPSA) is 101 Å². The summed E-state index contributed by atoms with van der Waals surface area (Å²) in [6.45, 7) is 3.77. The Kier molecular flexibility index (Phi) is 6.53. The maximum atomic E-state index is 5.46. The van der Waals surface area contributed by atoms with E-state index in [-0.39, 0.29) is 0 Å². The molecule has 36 heavy (non-hydrogen) atoms. The average molecular weight is 482 g/mol. The first-order valence-corrected chi connectivity index (χ1v) is 11.7. The van der Waals surface area contributed by atoms with Gasteiger partial charge in [-0.15, -0.1) is 5.10 Å². The molecule has 0 aliphatic heterocycles. The molecule has 5 rings (SSSR count). The van der Waals surface area contributed by atoms with Gasteiger partial charge in [-0.2, -0.15) is 4.68 Å². The summed E-state index contributed by atoms with van der Waals surface area (Å²) in [5.41, 5.74) is 4.75. The molecule has 4 heterocycles. The summed E-state index contributed by atoms with van der Waals surface area (Å²) in [4.78, 5) is 23.1. The number of aromatic nitrogens is 7. The molecule has 0 saturated heterocycles. The number of rotatable bonds is 8. The zero-order valence-corrected chi connectivity index (χ0v) is 20.8. The molecule has 0 aliphatic carbocycles. The Balaban J connectivity index is 1.40. The summed E-state index contributed by atoms with van der Waals surface area (Å²) in [5.74, 6) is 4.21. The quantitative estimate of drug-likeness (QED) is 0.328. The van der Waals surface area contributed by atoms with Gasteiger partial charge < -0.3 is 9.47 Å². The third-order valence-corrected chi connectivity index (χ3v) is 5.84. The first-order chi connectivity index (χ1) is 17.5. The van der Waals surface area contributed by atoms with E-state index >= 15 is 0 Å². The minimum Gasteiger partial charge on any atom is -0.493 e. The lowest BCUT2D eigenvalue weighted by molar-refractivity contribution is 0.354. The molecule has 0 N–H and O–H groups in total. The van der Waals surface area contributed by atoms with Crippen LogP contribution in [-0.2, 0) is 19.3 Å². The predicted octanol–water partition coefficient (Wildman–Crippen LogP) is 4.01. The fourth-order valence-corrected chi connectivity index (χ4v) is 4.17. The van der Waals surface area contributed by atoms with Crippen molar-refractivity contribution in [1.82, 2.24) is 34.7 Å². The molecule has 4 aromatic heterocycles. The lowest BCUT2D eigenvalue weighted by Gasteiger charge is -2.11. The van der Waals surface area contributed by atoms with E-state index < -0.39 is 0 Å². The van der Waals surface area contributed by atoms with Crippen molar-refractivity contribution in [1.29, 1.82) is 0 Å². The number of pyridine rings is 2. The van der Waals surface area contributed by atoms with Gasteiger partial charge >= 0.3 is 0 Å². The number of hydrogen-bond acceptors (Lipinski definition) is 8. The molecule has 0 unspecified atom stereocenters. The molecular formula is C27H27N7O2. The van der Waals surface area contributed by atoms with E-state index in [2.05, 4.69) is 25.0 Å². The number of aryl methyl sites for hydroxylation is 4. The molecule has 9 heteroatoms. The Hall–Kier alpha value is -4.40. The van der Waals surface area contributed by atoms with Crippen LogP contribution < -0.4 is 9.47 Å². The van der Waals surface area contributed by atoms with Gasteiger partial charge in [-0.3, -0.25) is 9.97 Å². The van der Waals surface area contributed by atoms with Gasteiger partial charge in [0.05, 0.1) is 25.3 Å². The van der Waals surface area contributed by atoms with Crippen LogP contribution >= 0.6 is 0 Å². The highest BCUT2D eigenvalue weighted by Gasteiger charge is 2.15. The monoisotopic (exact) mass is 481 g/mol. The normalized spacial score (nSPS) is 11.1. The maximum Gasteiger partial charge on any atom is 0.161 e. The van der Waals surface area contributed by atoms with E-state index in [0.717, 1.165) is 46.7 Å². The first kappa shape index (κ1) is 23.3. The van der Waals surface area contributed by atoms with Gasteiger partial charge in [-0.05, 0) is 68.7 Å². The molecule has 0 spiro atoms. The summed E-state index contributed by atoms with van der Waals surface area (Å²) >= 11 is 0.